The molecule has 7 heteroatoms. The van der Waals surface area contributed by atoms with E-state index in [-0.39, 0.29) is 15.7 Å². The zero-order chi connectivity index (χ0) is 17.0. The van der Waals surface area contributed by atoms with Crippen molar-refractivity contribution in [1.29, 1.82) is 0 Å². The number of esters is 1. The molecule has 2 aromatic carbocycles. The molecule has 0 aliphatic carbocycles. The van der Waals surface area contributed by atoms with Crippen LogP contribution in [0.1, 0.15) is 17.3 Å². The van der Waals surface area contributed by atoms with Crippen LogP contribution >= 0.6 is 34.8 Å². The van der Waals surface area contributed by atoms with Crippen LogP contribution < -0.4 is 5.32 Å². The molecule has 1 atom stereocenters. The summed E-state index contributed by atoms with van der Waals surface area (Å²) < 4.78 is 5.11. The maximum Gasteiger partial charge on any atom is 0.338 e. The van der Waals surface area contributed by atoms with Gasteiger partial charge in [0.05, 0.1) is 21.3 Å². The molecule has 0 aliphatic rings. The van der Waals surface area contributed by atoms with E-state index in [0.717, 1.165) is 0 Å². The van der Waals surface area contributed by atoms with Crippen molar-refractivity contribution in [3.63, 3.8) is 0 Å². The lowest BCUT2D eigenvalue weighted by molar-refractivity contribution is -0.123. The van der Waals surface area contributed by atoms with Crippen molar-refractivity contribution in [2.24, 2.45) is 0 Å². The predicted octanol–water partition coefficient (Wildman–Crippen LogP) is 4.83. The van der Waals surface area contributed by atoms with E-state index in [1.807, 2.05) is 0 Å². The third kappa shape index (κ3) is 4.61. The standard InChI is InChI=1S/C16H12Cl3NO3/c1-9(23-16(22)10-5-3-2-4-6-10)15(21)20-14-12(18)7-11(17)8-13(14)19/h2-9H,1H3,(H,20,21)/t9-/m1/s1. The van der Waals surface area contributed by atoms with E-state index in [4.69, 9.17) is 39.5 Å². The summed E-state index contributed by atoms with van der Waals surface area (Å²) in [5, 5.41) is 3.26. The van der Waals surface area contributed by atoms with Crippen molar-refractivity contribution >= 4 is 52.4 Å². The monoisotopic (exact) mass is 371 g/mol. The number of hydrogen-bond acceptors (Lipinski definition) is 3. The Morgan fingerprint density at radius 1 is 1.04 bits per heavy atom. The minimum atomic E-state index is -1.02. The first-order valence-electron chi connectivity index (χ1n) is 6.60. The molecule has 1 amide bonds. The number of nitrogens with one attached hydrogen (secondary N) is 1. The van der Waals surface area contributed by atoms with Crippen LogP contribution in [0.25, 0.3) is 0 Å². The molecule has 0 saturated carbocycles. The molecule has 0 radical (unpaired) electrons. The summed E-state index contributed by atoms with van der Waals surface area (Å²) in [5.41, 5.74) is 0.569. The molecule has 2 aromatic rings. The van der Waals surface area contributed by atoms with Crippen LogP contribution in [0.5, 0.6) is 0 Å². The largest absolute Gasteiger partial charge is 0.449 e. The molecule has 4 nitrogen and oxygen atoms in total. The molecule has 2 rings (SSSR count). The maximum absolute atomic E-state index is 12.1. The molecule has 1 N–H and O–H groups in total. The summed E-state index contributed by atoms with van der Waals surface area (Å²) in [6, 6.07) is 11.3. The Labute approximate surface area is 148 Å². The van der Waals surface area contributed by atoms with E-state index in [1.165, 1.54) is 19.1 Å². The summed E-state index contributed by atoms with van der Waals surface area (Å²) in [7, 11) is 0. The van der Waals surface area contributed by atoms with Crippen molar-refractivity contribution in [3.05, 3.63) is 63.1 Å². The van der Waals surface area contributed by atoms with E-state index in [2.05, 4.69) is 5.32 Å². The molecular weight excluding hydrogens is 361 g/mol. The summed E-state index contributed by atoms with van der Waals surface area (Å²) in [6.07, 6.45) is -1.02. The number of anilines is 1. The van der Waals surface area contributed by atoms with E-state index < -0.39 is 18.0 Å². The molecule has 0 heterocycles. The van der Waals surface area contributed by atoms with Crippen LogP contribution in [0.4, 0.5) is 5.69 Å². The van der Waals surface area contributed by atoms with Crippen molar-refractivity contribution < 1.29 is 14.3 Å². The Morgan fingerprint density at radius 2 is 1.61 bits per heavy atom. The molecule has 120 valence electrons. The van der Waals surface area contributed by atoms with Crippen LogP contribution in [0, 0.1) is 0 Å². The van der Waals surface area contributed by atoms with Crippen molar-refractivity contribution in [2.75, 3.05) is 5.32 Å². The van der Waals surface area contributed by atoms with Gasteiger partial charge in [0.2, 0.25) is 0 Å². The molecule has 0 aliphatic heterocycles. The van der Waals surface area contributed by atoms with Gasteiger partial charge >= 0.3 is 5.97 Å². The molecule has 0 bridgehead atoms. The maximum atomic E-state index is 12.1. The fraction of sp³-hybridized carbons (Fsp3) is 0.125. The van der Waals surface area contributed by atoms with Gasteiger partial charge in [-0.2, -0.15) is 0 Å². The van der Waals surface area contributed by atoms with Crippen LogP contribution in [-0.2, 0) is 9.53 Å². The van der Waals surface area contributed by atoms with Gasteiger partial charge in [-0.05, 0) is 31.2 Å². The average Bonchev–Trinajstić information content (AvgIpc) is 2.51. The highest BCUT2D eigenvalue weighted by Crippen LogP contribution is 2.33. The van der Waals surface area contributed by atoms with Crippen molar-refractivity contribution in [3.8, 4) is 0 Å². The number of carbonyl (C=O) groups excluding carboxylic acids is 2. The van der Waals surface area contributed by atoms with Gasteiger partial charge < -0.3 is 10.1 Å². The van der Waals surface area contributed by atoms with E-state index in [0.29, 0.717) is 10.6 Å². The Kier molecular flexibility index (Phi) is 5.88. The first-order chi connectivity index (χ1) is 10.9. The zero-order valence-electron chi connectivity index (χ0n) is 12.0. The second-order valence-electron chi connectivity index (χ2n) is 4.65. The van der Waals surface area contributed by atoms with Gasteiger partial charge in [-0.3, -0.25) is 4.79 Å². The lowest BCUT2D eigenvalue weighted by Crippen LogP contribution is -2.30. The Hall–Kier alpha value is -1.75. The summed E-state index contributed by atoms with van der Waals surface area (Å²) >= 11 is 17.8. The number of halogens is 3. The van der Waals surface area contributed by atoms with Gasteiger partial charge in [0.1, 0.15) is 0 Å². The van der Waals surface area contributed by atoms with Gasteiger partial charge in [-0.15, -0.1) is 0 Å². The van der Waals surface area contributed by atoms with E-state index in [1.54, 1.807) is 30.3 Å². The lowest BCUT2D eigenvalue weighted by Gasteiger charge is -2.15. The Morgan fingerprint density at radius 3 is 2.17 bits per heavy atom. The van der Waals surface area contributed by atoms with Crippen LogP contribution in [-0.4, -0.2) is 18.0 Å². The van der Waals surface area contributed by atoms with Gasteiger partial charge in [-0.25, -0.2) is 4.79 Å². The summed E-state index contributed by atoms with van der Waals surface area (Å²) in [4.78, 5) is 24.0. The van der Waals surface area contributed by atoms with Gasteiger partial charge in [-0.1, -0.05) is 53.0 Å². The van der Waals surface area contributed by atoms with Crippen LogP contribution in [0.3, 0.4) is 0 Å². The molecule has 0 saturated heterocycles. The topological polar surface area (TPSA) is 55.4 Å². The third-order valence-electron chi connectivity index (χ3n) is 2.92. The van der Waals surface area contributed by atoms with E-state index in [9.17, 15) is 9.59 Å². The third-order valence-corrected chi connectivity index (χ3v) is 3.73. The molecule has 23 heavy (non-hydrogen) atoms. The summed E-state index contributed by atoms with van der Waals surface area (Å²) in [6.45, 7) is 1.45. The smallest absolute Gasteiger partial charge is 0.338 e. The fourth-order valence-corrected chi connectivity index (χ4v) is 2.65. The highest BCUT2D eigenvalue weighted by molar-refractivity contribution is 6.42. The molecular formula is C16H12Cl3NO3. The number of carbonyl (C=O) groups is 2. The first kappa shape index (κ1) is 17.6. The van der Waals surface area contributed by atoms with Gasteiger partial charge in [0, 0.05) is 5.02 Å². The first-order valence-corrected chi connectivity index (χ1v) is 7.73. The lowest BCUT2D eigenvalue weighted by atomic mass is 10.2. The number of hydrogen-bond donors (Lipinski definition) is 1. The van der Waals surface area contributed by atoms with Crippen molar-refractivity contribution in [2.45, 2.75) is 13.0 Å². The normalized spacial score (nSPS) is 11.7. The van der Waals surface area contributed by atoms with Crippen LogP contribution in [0.2, 0.25) is 15.1 Å². The second kappa shape index (κ2) is 7.68. The zero-order valence-corrected chi connectivity index (χ0v) is 14.2. The molecule has 0 unspecified atom stereocenters. The Bertz CT molecular complexity index is 712. The highest BCUT2D eigenvalue weighted by atomic mass is 35.5. The van der Waals surface area contributed by atoms with Crippen LogP contribution in [0.15, 0.2) is 42.5 Å². The number of ether oxygens (including phenoxy) is 1. The minimum absolute atomic E-state index is 0.192. The molecule has 0 spiro atoms. The quantitative estimate of drug-likeness (QED) is 0.782. The second-order valence-corrected chi connectivity index (χ2v) is 5.90. The highest BCUT2D eigenvalue weighted by Gasteiger charge is 2.21. The van der Waals surface area contributed by atoms with Crippen molar-refractivity contribution in [1.82, 2.24) is 0 Å². The average molecular weight is 373 g/mol. The minimum Gasteiger partial charge on any atom is -0.449 e. The fourth-order valence-electron chi connectivity index (χ4n) is 1.74. The number of rotatable bonds is 4. The Balaban J connectivity index is 2.05. The number of benzene rings is 2. The number of amides is 1. The van der Waals surface area contributed by atoms with Gasteiger partial charge in [0.15, 0.2) is 6.10 Å². The van der Waals surface area contributed by atoms with E-state index >= 15 is 0 Å². The van der Waals surface area contributed by atoms with Gasteiger partial charge in [0.25, 0.3) is 5.91 Å². The predicted molar refractivity (Wildman–Crippen MR) is 91.4 cm³/mol. The molecule has 0 fully saturated rings. The SMILES string of the molecule is C[C@@H](OC(=O)c1ccccc1)C(=O)Nc1c(Cl)cc(Cl)cc1Cl. The summed E-state index contributed by atoms with van der Waals surface area (Å²) in [5.74, 6) is -1.15. The molecule has 0 aromatic heterocycles.